The van der Waals surface area contributed by atoms with Gasteiger partial charge in [0.05, 0.1) is 17.0 Å². The lowest BCUT2D eigenvalue weighted by Gasteiger charge is -2.36. The van der Waals surface area contributed by atoms with Crippen LogP contribution in [0.25, 0.3) is 0 Å². The van der Waals surface area contributed by atoms with Crippen molar-refractivity contribution in [3.63, 3.8) is 0 Å². The molecule has 116 valence electrons. The maximum absolute atomic E-state index is 12.1. The van der Waals surface area contributed by atoms with E-state index in [1.54, 1.807) is 25.1 Å². The summed E-state index contributed by atoms with van der Waals surface area (Å²) in [5.41, 5.74) is -0.897. The van der Waals surface area contributed by atoms with Gasteiger partial charge in [-0.2, -0.15) is 0 Å². The predicted molar refractivity (Wildman–Crippen MR) is 78.1 cm³/mol. The molecule has 0 aromatic heterocycles. The second-order valence-corrected chi connectivity index (χ2v) is 7.32. The molecule has 1 aliphatic heterocycles. The van der Waals surface area contributed by atoms with Crippen LogP contribution in [0.2, 0.25) is 0 Å². The summed E-state index contributed by atoms with van der Waals surface area (Å²) in [6.45, 7) is 2.16. The summed E-state index contributed by atoms with van der Waals surface area (Å²) in [6.07, 6.45) is 1.36. The number of carbonyl (C=O) groups is 1. The largest absolute Gasteiger partial charge is 0.388 e. The second kappa shape index (κ2) is 6.13. The third-order valence-corrected chi connectivity index (χ3v) is 4.91. The number of nitrogens with one attached hydrogen (secondary N) is 1. The van der Waals surface area contributed by atoms with Crippen molar-refractivity contribution in [1.82, 2.24) is 9.62 Å². The molecule has 21 heavy (non-hydrogen) atoms. The minimum atomic E-state index is -3.68. The van der Waals surface area contributed by atoms with Crippen molar-refractivity contribution in [2.45, 2.75) is 30.3 Å². The van der Waals surface area contributed by atoms with Crippen molar-refractivity contribution in [2.24, 2.45) is 0 Å². The summed E-state index contributed by atoms with van der Waals surface area (Å²) >= 11 is 0. The van der Waals surface area contributed by atoms with Gasteiger partial charge in [0.15, 0.2) is 0 Å². The average molecular weight is 312 g/mol. The fourth-order valence-electron chi connectivity index (χ4n) is 2.38. The van der Waals surface area contributed by atoms with E-state index in [1.165, 1.54) is 17.0 Å². The summed E-state index contributed by atoms with van der Waals surface area (Å²) in [4.78, 5) is 13.7. The molecule has 6 nitrogen and oxygen atoms in total. The van der Waals surface area contributed by atoms with Crippen LogP contribution < -0.4 is 4.72 Å². The van der Waals surface area contributed by atoms with Crippen LogP contribution in [0.3, 0.4) is 0 Å². The van der Waals surface area contributed by atoms with E-state index >= 15 is 0 Å². The van der Waals surface area contributed by atoms with Gasteiger partial charge >= 0.3 is 0 Å². The van der Waals surface area contributed by atoms with Gasteiger partial charge in [-0.15, -0.1) is 0 Å². The average Bonchev–Trinajstić information content (AvgIpc) is 2.45. The molecule has 0 radical (unpaired) electrons. The van der Waals surface area contributed by atoms with Crippen molar-refractivity contribution >= 4 is 15.9 Å². The van der Waals surface area contributed by atoms with E-state index in [9.17, 15) is 18.3 Å². The van der Waals surface area contributed by atoms with Crippen molar-refractivity contribution in [2.75, 3.05) is 19.6 Å². The third kappa shape index (κ3) is 4.26. The molecule has 0 bridgehead atoms. The number of aliphatic hydroxyl groups is 1. The number of hydrogen-bond acceptors (Lipinski definition) is 4. The number of piperidine rings is 1. The van der Waals surface area contributed by atoms with E-state index in [2.05, 4.69) is 4.72 Å². The van der Waals surface area contributed by atoms with E-state index in [0.717, 1.165) is 0 Å². The van der Waals surface area contributed by atoms with Crippen LogP contribution in [-0.2, 0) is 14.8 Å². The first-order valence-corrected chi connectivity index (χ1v) is 8.33. The van der Waals surface area contributed by atoms with Crippen LogP contribution in [0.4, 0.5) is 0 Å². The highest BCUT2D eigenvalue weighted by atomic mass is 32.2. The SMILES string of the molecule is CC1(O)CCCN(C(=O)CNS(=O)(=O)c2ccccc2)C1. The maximum Gasteiger partial charge on any atom is 0.241 e. The Labute approximate surface area is 124 Å². The first-order chi connectivity index (χ1) is 9.80. The smallest absolute Gasteiger partial charge is 0.241 e. The van der Waals surface area contributed by atoms with Gasteiger partial charge in [0, 0.05) is 13.1 Å². The summed E-state index contributed by atoms with van der Waals surface area (Å²) in [6, 6.07) is 7.91. The highest BCUT2D eigenvalue weighted by Gasteiger charge is 2.31. The molecule has 7 heteroatoms. The molecule has 1 unspecified atom stereocenters. The summed E-state index contributed by atoms with van der Waals surface area (Å²) < 4.78 is 26.3. The number of likely N-dealkylation sites (tertiary alicyclic amines) is 1. The van der Waals surface area contributed by atoms with E-state index in [4.69, 9.17) is 0 Å². The number of nitrogens with zero attached hydrogens (tertiary/aromatic N) is 1. The van der Waals surface area contributed by atoms with Gasteiger partial charge in [-0.05, 0) is 31.9 Å². The lowest BCUT2D eigenvalue weighted by Crippen LogP contribution is -2.51. The summed E-state index contributed by atoms with van der Waals surface area (Å²) in [5, 5.41) is 9.97. The minimum Gasteiger partial charge on any atom is -0.388 e. The molecule has 0 saturated carbocycles. The van der Waals surface area contributed by atoms with Gasteiger partial charge in [0.2, 0.25) is 15.9 Å². The number of rotatable bonds is 4. The summed E-state index contributed by atoms with van der Waals surface area (Å²) in [7, 11) is -3.68. The van der Waals surface area contributed by atoms with Crippen molar-refractivity contribution < 1.29 is 18.3 Å². The van der Waals surface area contributed by atoms with Gasteiger partial charge in [0.1, 0.15) is 0 Å². The Morgan fingerprint density at radius 3 is 2.67 bits per heavy atom. The molecule has 1 aromatic carbocycles. The fraction of sp³-hybridized carbons (Fsp3) is 0.500. The molecule has 2 N–H and O–H groups in total. The van der Waals surface area contributed by atoms with Crippen molar-refractivity contribution in [1.29, 1.82) is 0 Å². The number of hydrogen-bond donors (Lipinski definition) is 2. The topological polar surface area (TPSA) is 86.7 Å². The lowest BCUT2D eigenvalue weighted by atomic mass is 9.95. The van der Waals surface area contributed by atoms with Crippen molar-refractivity contribution in [3.05, 3.63) is 30.3 Å². The van der Waals surface area contributed by atoms with Crippen LogP contribution in [0, 0.1) is 0 Å². The lowest BCUT2D eigenvalue weighted by molar-refractivity contribution is -0.136. The number of benzene rings is 1. The number of amides is 1. The van der Waals surface area contributed by atoms with Crippen molar-refractivity contribution in [3.8, 4) is 0 Å². The van der Waals surface area contributed by atoms with Gasteiger partial charge < -0.3 is 10.0 Å². The molecule has 0 aliphatic carbocycles. The molecule has 1 saturated heterocycles. The second-order valence-electron chi connectivity index (χ2n) is 5.55. The van der Waals surface area contributed by atoms with Gasteiger partial charge in [-0.3, -0.25) is 4.79 Å². The standard InChI is InChI=1S/C14H20N2O4S/c1-14(18)8-5-9-16(11-14)13(17)10-15-21(19,20)12-6-3-2-4-7-12/h2-4,6-7,15,18H,5,8-11H2,1H3. The minimum absolute atomic E-state index is 0.128. The van der Waals surface area contributed by atoms with Crippen LogP contribution in [0.15, 0.2) is 35.2 Å². The number of carbonyl (C=O) groups excluding carboxylic acids is 1. The molecule has 0 spiro atoms. The summed E-state index contributed by atoms with van der Waals surface area (Å²) in [5.74, 6) is -0.325. The van der Waals surface area contributed by atoms with Crippen LogP contribution >= 0.6 is 0 Å². The molecule has 2 rings (SSSR count). The first-order valence-electron chi connectivity index (χ1n) is 6.85. The van der Waals surface area contributed by atoms with Gasteiger partial charge in [-0.1, -0.05) is 18.2 Å². The zero-order valence-corrected chi connectivity index (χ0v) is 12.8. The highest BCUT2D eigenvalue weighted by molar-refractivity contribution is 7.89. The zero-order chi connectivity index (χ0) is 15.5. The third-order valence-electron chi connectivity index (χ3n) is 3.49. The quantitative estimate of drug-likeness (QED) is 0.839. The van der Waals surface area contributed by atoms with Gasteiger partial charge in [-0.25, -0.2) is 13.1 Å². The molecule has 1 atom stereocenters. The fourth-order valence-corrected chi connectivity index (χ4v) is 3.38. The predicted octanol–water partition coefficient (Wildman–Crippen LogP) is 0.338. The highest BCUT2D eigenvalue weighted by Crippen LogP contribution is 2.20. The normalized spacial score (nSPS) is 23.0. The van der Waals surface area contributed by atoms with Crippen LogP contribution in [-0.4, -0.2) is 49.6 Å². The first kappa shape index (κ1) is 15.9. The Hall–Kier alpha value is -1.44. The molecule has 1 fully saturated rings. The Bertz CT molecular complexity index is 599. The Morgan fingerprint density at radius 1 is 1.38 bits per heavy atom. The Morgan fingerprint density at radius 2 is 2.05 bits per heavy atom. The van der Waals surface area contributed by atoms with Crippen LogP contribution in [0.5, 0.6) is 0 Å². The molecule has 1 aromatic rings. The Balaban J connectivity index is 1.95. The van der Waals surface area contributed by atoms with Crippen LogP contribution in [0.1, 0.15) is 19.8 Å². The molecular weight excluding hydrogens is 292 g/mol. The monoisotopic (exact) mass is 312 g/mol. The molecular formula is C14H20N2O4S. The van der Waals surface area contributed by atoms with E-state index in [0.29, 0.717) is 19.4 Å². The maximum atomic E-state index is 12.1. The molecule has 1 amide bonds. The Kier molecular flexibility index (Phi) is 4.65. The number of sulfonamides is 1. The zero-order valence-electron chi connectivity index (χ0n) is 11.9. The van der Waals surface area contributed by atoms with E-state index in [1.807, 2.05) is 0 Å². The van der Waals surface area contributed by atoms with Gasteiger partial charge in [0.25, 0.3) is 0 Å². The van der Waals surface area contributed by atoms with E-state index < -0.39 is 15.6 Å². The molecule has 1 aliphatic rings. The van der Waals surface area contributed by atoms with E-state index in [-0.39, 0.29) is 23.9 Å². The molecule has 1 heterocycles. The number of β-amino-alcohol motifs (C(OH)–C–C–N with tert-alkyl or cyclic N) is 1.